The van der Waals surface area contributed by atoms with E-state index in [9.17, 15) is 40.9 Å². The molecule has 3 aliphatic rings. The maximum absolute atomic E-state index is 10.5. The summed E-state index contributed by atoms with van der Waals surface area (Å²) in [6.07, 6.45) is -17.5. The summed E-state index contributed by atoms with van der Waals surface area (Å²) in [4.78, 5) is 0. The Morgan fingerprint density at radius 1 is 0.536 bits per heavy atom. The number of aliphatic hydroxyl groups excluding tert-OH is 8. The SMILES string of the molecule is OC1OC[C@@H](O[C@@H]2OC[C@@H](O)[C@H](O[C@H]3OC[C@@H](O)[C@@H](O)[C@@H]3O)[C@H]2O)[C@H](O)[C@H]1O. The van der Waals surface area contributed by atoms with Gasteiger partial charge < -0.3 is 64.5 Å². The normalized spacial score (nSPS) is 53.1. The first-order valence-corrected chi connectivity index (χ1v) is 8.81. The van der Waals surface area contributed by atoms with Crippen molar-refractivity contribution in [1.29, 1.82) is 0 Å². The van der Waals surface area contributed by atoms with Crippen molar-refractivity contribution in [1.82, 2.24) is 0 Å². The van der Waals surface area contributed by atoms with Crippen LogP contribution in [-0.2, 0) is 23.7 Å². The Kier molecular flexibility index (Phi) is 7.20. The van der Waals surface area contributed by atoms with Gasteiger partial charge in [0.25, 0.3) is 0 Å². The van der Waals surface area contributed by atoms with E-state index < -0.39 is 73.8 Å². The van der Waals surface area contributed by atoms with Crippen LogP contribution in [0.3, 0.4) is 0 Å². The first-order valence-electron chi connectivity index (χ1n) is 8.81. The molecule has 3 aliphatic heterocycles. The van der Waals surface area contributed by atoms with Gasteiger partial charge in [-0.25, -0.2) is 0 Å². The monoisotopic (exact) mass is 414 g/mol. The van der Waals surface area contributed by atoms with Gasteiger partial charge >= 0.3 is 0 Å². The molecule has 1 unspecified atom stereocenters. The van der Waals surface area contributed by atoms with Crippen molar-refractivity contribution < 1.29 is 64.5 Å². The van der Waals surface area contributed by atoms with Crippen LogP contribution in [0.4, 0.5) is 0 Å². The molecule has 164 valence electrons. The lowest BCUT2D eigenvalue weighted by Crippen LogP contribution is -2.62. The van der Waals surface area contributed by atoms with E-state index >= 15 is 0 Å². The van der Waals surface area contributed by atoms with Crippen LogP contribution in [0.2, 0.25) is 0 Å². The fraction of sp³-hybridized carbons (Fsp3) is 1.00. The predicted molar refractivity (Wildman–Crippen MR) is 83.2 cm³/mol. The van der Waals surface area contributed by atoms with Crippen LogP contribution in [0.15, 0.2) is 0 Å². The maximum atomic E-state index is 10.5. The summed E-state index contributed by atoms with van der Waals surface area (Å²) in [5.74, 6) is 0. The summed E-state index contributed by atoms with van der Waals surface area (Å²) in [6.45, 7) is -0.964. The third kappa shape index (κ3) is 4.46. The summed E-state index contributed by atoms with van der Waals surface area (Å²) in [5.41, 5.74) is 0. The molecular weight excluding hydrogens is 388 g/mol. The largest absolute Gasteiger partial charge is 0.388 e. The number of hydrogen-bond donors (Lipinski definition) is 8. The van der Waals surface area contributed by atoms with Gasteiger partial charge in [0.1, 0.15) is 54.9 Å². The van der Waals surface area contributed by atoms with Crippen molar-refractivity contribution in [3.05, 3.63) is 0 Å². The van der Waals surface area contributed by atoms with Gasteiger partial charge in [0, 0.05) is 0 Å². The molecule has 12 atom stereocenters. The second kappa shape index (κ2) is 9.09. The van der Waals surface area contributed by atoms with Crippen LogP contribution in [-0.4, -0.2) is 134 Å². The van der Waals surface area contributed by atoms with E-state index in [1.807, 2.05) is 0 Å². The molecule has 0 aromatic rings. The lowest BCUT2D eigenvalue weighted by molar-refractivity contribution is -0.351. The van der Waals surface area contributed by atoms with Crippen molar-refractivity contribution >= 4 is 0 Å². The minimum atomic E-state index is -1.63. The van der Waals surface area contributed by atoms with E-state index in [1.165, 1.54) is 0 Å². The van der Waals surface area contributed by atoms with Gasteiger partial charge in [-0.3, -0.25) is 0 Å². The standard InChI is InChI=1S/C15H26O13/c16-4-1-25-14(10(21)7(4)18)28-12-5(17)2-26-15(11(12)22)27-6-3-24-13(23)9(20)8(6)19/h4-23H,1-3H2/t4-,5-,6-,7-,8+,9-,10+,11-,12+,13?,14-,15+/m1/s1. The summed E-state index contributed by atoms with van der Waals surface area (Å²) in [5, 5.41) is 78.6. The lowest BCUT2D eigenvalue weighted by Gasteiger charge is -2.43. The van der Waals surface area contributed by atoms with Gasteiger partial charge in [0.2, 0.25) is 0 Å². The highest BCUT2D eigenvalue weighted by Crippen LogP contribution is 2.27. The molecule has 0 amide bonds. The second-order valence-electron chi connectivity index (χ2n) is 6.99. The molecule has 3 saturated heterocycles. The van der Waals surface area contributed by atoms with Crippen molar-refractivity contribution in [2.45, 2.75) is 73.8 Å². The Balaban J connectivity index is 1.62. The fourth-order valence-corrected chi connectivity index (χ4v) is 3.19. The smallest absolute Gasteiger partial charge is 0.186 e. The Labute approximate surface area is 159 Å². The van der Waals surface area contributed by atoms with Crippen LogP contribution in [0, 0.1) is 0 Å². The number of aliphatic hydroxyl groups is 8. The molecular formula is C15H26O13. The molecule has 0 radical (unpaired) electrons. The molecule has 8 N–H and O–H groups in total. The van der Waals surface area contributed by atoms with Crippen molar-refractivity contribution in [3.63, 3.8) is 0 Å². The van der Waals surface area contributed by atoms with E-state index in [0.717, 1.165) is 0 Å². The van der Waals surface area contributed by atoms with E-state index in [2.05, 4.69) is 0 Å². The molecule has 3 rings (SSSR count). The van der Waals surface area contributed by atoms with Crippen LogP contribution >= 0.6 is 0 Å². The zero-order valence-electron chi connectivity index (χ0n) is 14.7. The first-order chi connectivity index (χ1) is 13.2. The summed E-state index contributed by atoms with van der Waals surface area (Å²) in [6, 6.07) is 0. The number of hydrogen-bond acceptors (Lipinski definition) is 13. The molecule has 0 bridgehead atoms. The third-order valence-electron chi connectivity index (χ3n) is 4.93. The molecule has 28 heavy (non-hydrogen) atoms. The third-order valence-corrected chi connectivity index (χ3v) is 4.93. The zero-order chi connectivity index (χ0) is 20.6. The molecule has 0 spiro atoms. The molecule has 0 aromatic carbocycles. The Morgan fingerprint density at radius 2 is 1.14 bits per heavy atom. The van der Waals surface area contributed by atoms with E-state index in [4.69, 9.17) is 23.7 Å². The second-order valence-corrected chi connectivity index (χ2v) is 6.99. The molecule has 3 fully saturated rings. The van der Waals surface area contributed by atoms with Crippen molar-refractivity contribution in [3.8, 4) is 0 Å². The van der Waals surface area contributed by atoms with Gasteiger partial charge in [0.05, 0.1) is 19.8 Å². The molecule has 3 heterocycles. The zero-order valence-corrected chi connectivity index (χ0v) is 14.7. The van der Waals surface area contributed by atoms with E-state index in [0.29, 0.717) is 0 Å². The summed E-state index contributed by atoms with van der Waals surface area (Å²) >= 11 is 0. The summed E-state index contributed by atoms with van der Waals surface area (Å²) in [7, 11) is 0. The first kappa shape index (κ1) is 22.2. The Morgan fingerprint density at radius 3 is 1.82 bits per heavy atom. The number of ether oxygens (including phenoxy) is 5. The molecule has 0 aromatic heterocycles. The Hall–Kier alpha value is -0.520. The fourth-order valence-electron chi connectivity index (χ4n) is 3.19. The van der Waals surface area contributed by atoms with Gasteiger partial charge in [-0.15, -0.1) is 0 Å². The minimum Gasteiger partial charge on any atom is -0.388 e. The number of rotatable bonds is 4. The topological polar surface area (TPSA) is 208 Å². The molecule has 13 heteroatoms. The van der Waals surface area contributed by atoms with Crippen LogP contribution < -0.4 is 0 Å². The van der Waals surface area contributed by atoms with Crippen LogP contribution in [0.5, 0.6) is 0 Å². The highest BCUT2D eigenvalue weighted by Gasteiger charge is 2.48. The highest BCUT2D eigenvalue weighted by molar-refractivity contribution is 4.90. The van der Waals surface area contributed by atoms with E-state index in [1.54, 1.807) is 0 Å². The molecule has 0 aliphatic carbocycles. The lowest BCUT2D eigenvalue weighted by atomic mass is 10.0. The van der Waals surface area contributed by atoms with Crippen molar-refractivity contribution in [2.75, 3.05) is 19.8 Å². The summed E-state index contributed by atoms with van der Waals surface area (Å²) < 4.78 is 25.9. The van der Waals surface area contributed by atoms with E-state index in [-0.39, 0.29) is 19.8 Å². The van der Waals surface area contributed by atoms with Crippen molar-refractivity contribution in [2.24, 2.45) is 0 Å². The van der Waals surface area contributed by atoms with Gasteiger partial charge in [0.15, 0.2) is 18.9 Å². The predicted octanol–water partition coefficient (Wildman–Crippen LogP) is -5.66. The Bertz CT molecular complexity index is 508. The van der Waals surface area contributed by atoms with Gasteiger partial charge in [-0.2, -0.15) is 0 Å². The maximum Gasteiger partial charge on any atom is 0.186 e. The highest BCUT2D eigenvalue weighted by atomic mass is 16.7. The van der Waals surface area contributed by atoms with Gasteiger partial charge in [-0.1, -0.05) is 0 Å². The molecule has 0 saturated carbocycles. The van der Waals surface area contributed by atoms with Crippen LogP contribution in [0.1, 0.15) is 0 Å². The average Bonchev–Trinajstić information content (AvgIpc) is 2.67. The average molecular weight is 414 g/mol. The minimum absolute atomic E-state index is 0.297. The van der Waals surface area contributed by atoms with Crippen LogP contribution in [0.25, 0.3) is 0 Å². The molecule has 13 nitrogen and oxygen atoms in total. The van der Waals surface area contributed by atoms with Gasteiger partial charge in [-0.05, 0) is 0 Å². The quantitative estimate of drug-likeness (QED) is 0.216.